The maximum absolute atomic E-state index is 12.9. The van der Waals surface area contributed by atoms with E-state index in [1.807, 2.05) is 38.1 Å². The highest BCUT2D eigenvalue weighted by Gasteiger charge is 2.26. The number of nitrogens with zero attached hydrogens (tertiary/aromatic N) is 2. The molecule has 34 heavy (non-hydrogen) atoms. The summed E-state index contributed by atoms with van der Waals surface area (Å²) in [5.41, 5.74) is 3.01. The van der Waals surface area contributed by atoms with Crippen molar-refractivity contribution in [2.45, 2.75) is 51.0 Å². The number of ether oxygens (including phenoxy) is 1. The molecular weight excluding hydrogens is 454 g/mol. The number of benzene rings is 2. The number of sulfonamides is 1. The lowest BCUT2D eigenvalue weighted by Gasteiger charge is -2.26. The van der Waals surface area contributed by atoms with Gasteiger partial charge in [-0.2, -0.15) is 4.31 Å². The number of anilines is 1. The van der Waals surface area contributed by atoms with Crippen molar-refractivity contribution in [1.82, 2.24) is 9.46 Å². The molecule has 0 bridgehead atoms. The van der Waals surface area contributed by atoms with Crippen LogP contribution in [-0.2, 0) is 27.8 Å². The van der Waals surface area contributed by atoms with Gasteiger partial charge in [0.05, 0.1) is 22.6 Å². The van der Waals surface area contributed by atoms with Gasteiger partial charge in [-0.05, 0) is 62.6 Å². The zero-order chi connectivity index (χ0) is 24.1. The quantitative estimate of drug-likeness (QED) is 0.515. The lowest BCUT2D eigenvalue weighted by atomic mass is 10.1. The van der Waals surface area contributed by atoms with Gasteiger partial charge in [0.1, 0.15) is 18.1 Å². The number of hydrogen-bond acceptors (Lipinski definition) is 6. The van der Waals surface area contributed by atoms with Crippen LogP contribution in [0.1, 0.15) is 41.8 Å². The first kappa shape index (κ1) is 24.0. The molecule has 0 unspecified atom stereocenters. The molecule has 9 heteroatoms. The third-order valence-corrected chi connectivity index (χ3v) is 7.82. The van der Waals surface area contributed by atoms with Gasteiger partial charge in [0.15, 0.2) is 0 Å². The van der Waals surface area contributed by atoms with Crippen molar-refractivity contribution < 1.29 is 22.5 Å². The van der Waals surface area contributed by atoms with E-state index in [-0.39, 0.29) is 17.2 Å². The van der Waals surface area contributed by atoms with Crippen LogP contribution >= 0.6 is 0 Å². The normalized spacial score (nSPS) is 14.6. The van der Waals surface area contributed by atoms with Crippen LogP contribution in [0.15, 0.2) is 57.9 Å². The van der Waals surface area contributed by atoms with Crippen molar-refractivity contribution in [3.63, 3.8) is 0 Å². The van der Waals surface area contributed by atoms with E-state index in [1.165, 1.54) is 10.4 Å². The molecule has 8 nitrogen and oxygen atoms in total. The Balaban J connectivity index is 1.34. The standard InChI is InChI=1S/C25H29N3O5S/c1-18-24(19(2)33-27-18)17-32-22-11-9-20(10-12-22)15-25(29)26-21-7-6-8-23(16-21)34(30,31)28-13-4-3-5-14-28/h6-12,16H,3-5,13-15,17H2,1-2H3,(H,26,29). The molecule has 1 saturated heterocycles. The van der Waals surface area contributed by atoms with Crippen LogP contribution in [0.4, 0.5) is 5.69 Å². The number of carbonyl (C=O) groups is 1. The Bertz CT molecular complexity index is 1230. The fraction of sp³-hybridized carbons (Fsp3) is 0.360. The van der Waals surface area contributed by atoms with Crippen LogP contribution in [0.2, 0.25) is 0 Å². The Morgan fingerprint density at radius 3 is 2.50 bits per heavy atom. The minimum atomic E-state index is -3.55. The van der Waals surface area contributed by atoms with Gasteiger partial charge >= 0.3 is 0 Å². The third kappa shape index (κ3) is 5.66. The molecule has 2 aromatic carbocycles. The molecule has 1 N–H and O–H groups in total. The summed E-state index contributed by atoms with van der Waals surface area (Å²) < 4.78 is 38.3. The molecule has 180 valence electrons. The number of aryl methyl sites for hydroxylation is 2. The van der Waals surface area contributed by atoms with Gasteiger partial charge in [-0.3, -0.25) is 4.79 Å². The summed E-state index contributed by atoms with van der Waals surface area (Å²) in [7, 11) is -3.55. The smallest absolute Gasteiger partial charge is 0.243 e. The summed E-state index contributed by atoms with van der Waals surface area (Å²) in [6.45, 7) is 5.15. The Morgan fingerprint density at radius 1 is 1.09 bits per heavy atom. The molecule has 0 radical (unpaired) electrons. The summed E-state index contributed by atoms with van der Waals surface area (Å²) in [5, 5.41) is 6.72. The van der Waals surface area contributed by atoms with Crippen molar-refractivity contribution in [2.24, 2.45) is 0 Å². The molecule has 1 fully saturated rings. The molecule has 3 aromatic rings. The highest BCUT2D eigenvalue weighted by molar-refractivity contribution is 7.89. The summed E-state index contributed by atoms with van der Waals surface area (Å²) in [6.07, 6.45) is 2.96. The minimum absolute atomic E-state index is 0.160. The fourth-order valence-electron chi connectivity index (χ4n) is 3.95. The average molecular weight is 484 g/mol. The van der Waals surface area contributed by atoms with Crippen LogP contribution in [0.3, 0.4) is 0 Å². The molecule has 4 rings (SSSR count). The Labute approximate surface area is 200 Å². The van der Waals surface area contributed by atoms with E-state index in [0.717, 1.165) is 41.8 Å². The minimum Gasteiger partial charge on any atom is -0.489 e. The van der Waals surface area contributed by atoms with Gasteiger partial charge in [0.25, 0.3) is 0 Å². The van der Waals surface area contributed by atoms with Crippen LogP contribution in [-0.4, -0.2) is 36.9 Å². The van der Waals surface area contributed by atoms with Crippen LogP contribution in [0, 0.1) is 13.8 Å². The second-order valence-electron chi connectivity index (χ2n) is 8.45. The monoisotopic (exact) mass is 483 g/mol. The molecule has 0 saturated carbocycles. The van der Waals surface area contributed by atoms with Crippen molar-refractivity contribution in [2.75, 3.05) is 18.4 Å². The molecule has 0 atom stereocenters. The second-order valence-corrected chi connectivity index (χ2v) is 10.4. The van der Waals surface area contributed by atoms with Gasteiger partial charge in [0, 0.05) is 18.8 Å². The number of nitrogens with one attached hydrogen (secondary N) is 1. The average Bonchev–Trinajstić information content (AvgIpc) is 3.16. The summed E-state index contributed by atoms with van der Waals surface area (Å²) >= 11 is 0. The first-order valence-corrected chi connectivity index (χ1v) is 12.8. The van der Waals surface area contributed by atoms with Crippen molar-refractivity contribution in [1.29, 1.82) is 0 Å². The Morgan fingerprint density at radius 2 is 1.82 bits per heavy atom. The number of carbonyl (C=O) groups excluding carboxylic acids is 1. The van der Waals surface area contributed by atoms with Crippen LogP contribution < -0.4 is 10.1 Å². The molecule has 0 aliphatic carbocycles. The third-order valence-electron chi connectivity index (χ3n) is 5.92. The van der Waals surface area contributed by atoms with E-state index in [2.05, 4.69) is 10.5 Å². The lowest BCUT2D eigenvalue weighted by Crippen LogP contribution is -2.35. The Hall–Kier alpha value is -3.17. The number of amides is 1. The molecular formula is C25H29N3O5S. The zero-order valence-electron chi connectivity index (χ0n) is 19.4. The molecule has 1 aromatic heterocycles. The second kappa shape index (κ2) is 10.4. The van der Waals surface area contributed by atoms with E-state index >= 15 is 0 Å². The van der Waals surface area contributed by atoms with E-state index in [4.69, 9.17) is 9.26 Å². The predicted molar refractivity (Wildman–Crippen MR) is 128 cm³/mol. The van der Waals surface area contributed by atoms with E-state index in [0.29, 0.717) is 31.1 Å². The van der Waals surface area contributed by atoms with Crippen molar-refractivity contribution in [3.05, 3.63) is 71.1 Å². The maximum atomic E-state index is 12.9. The van der Waals surface area contributed by atoms with Gasteiger partial charge in [-0.15, -0.1) is 0 Å². The number of piperidine rings is 1. The van der Waals surface area contributed by atoms with Crippen LogP contribution in [0.5, 0.6) is 5.75 Å². The molecule has 2 heterocycles. The zero-order valence-corrected chi connectivity index (χ0v) is 20.2. The Kier molecular flexibility index (Phi) is 7.33. The fourth-order valence-corrected chi connectivity index (χ4v) is 5.51. The van der Waals surface area contributed by atoms with E-state index in [1.54, 1.807) is 18.2 Å². The summed E-state index contributed by atoms with van der Waals surface area (Å²) in [5.74, 6) is 1.19. The molecule has 1 aliphatic heterocycles. The van der Waals surface area contributed by atoms with E-state index in [9.17, 15) is 13.2 Å². The van der Waals surface area contributed by atoms with Crippen LogP contribution in [0.25, 0.3) is 0 Å². The topological polar surface area (TPSA) is 102 Å². The van der Waals surface area contributed by atoms with Gasteiger partial charge in [-0.25, -0.2) is 8.42 Å². The highest BCUT2D eigenvalue weighted by atomic mass is 32.2. The van der Waals surface area contributed by atoms with Gasteiger partial charge in [0.2, 0.25) is 15.9 Å². The van der Waals surface area contributed by atoms with Crippen molar-refractivity contribution >= 4 is 21.6 Å². The van der Waals surface area contributed by atoms with Gasteiger partial charge < -0.3 is 14.6 Å². The number of aromatic nitrogens is 1. The van der Waals surface area contributed by atoms with E-state index < -0.39 is 10.0 Å². The largest absolute Gasteiger partial charge is 0.489 e. The predicted octanol–water partition coefficient (Wildman–Crippen LogP) is 4.23. The lowest BCUT2D eigenvalue weighted by molar-refractivity contribution is -0.115. The summed E-state index contributed by atoms with van der Waals surface area (Å²) in [6, 6.07) is 13.7. The van der Waals surface area contributed by atoms with Gasteiger partial charge in [-0.1, -0.05) is 29.8 Å². The summed E-state index contributed by atoms with van der Waals surface area (Å²) in [4.78, 5) is 12.8. The first-order chi connectivity index (χ1) is 16.3. The molecule has 1 amide bonds. The number of rotatable bonds is 8. The SMILES string of the molecule is Cc1noc(C)c1COc1ccc(CC(=O)Nc2cccc(S(=O)(=O)N3CCCCC3)c2)cc1. The first-order valence-electron chi connectivity index (χ1n) is 11.4. The number of hydrogen-bond donors (Lipinski definition) is 1. The highest BCUT2D eigenvalue weighted by Crippen LogP contribution is 2.23. The van der Waals surface area contributed by atoms with Crippen molar-refractivity contribution in [3.8, 4) is 5.75 Å². The molecule has 0 spiro atoms. The maximum Gasteiger partial charge on any atom is 0.243 e. The molecule has 1 aliphatic rings.